The Morgan fingerprint density at radius 1 is 1.29 bits per heavy atom. The van der Waals surface area contributed by atoms with Gasteiger partial charge in [-0.2, -0.15) is 0 Å². The molecule has 2 saturated heterocycles. The van der Waals surface area contributed by atoms with Crippen LogP contribution >= 0.6 is 0 Å². The van der Waals surface area contributed by atoms with E-state index in [-0.39, 0.29) is 12.1 Å². The highest BCUT2D eigenvalue weighted by atomic mass is 16.8. The van der Waals surface area contributed by atoms with E-state index in [1.54, 1.807) is 7.11 Å². The molecule has 0 radical (unpaired) electrons. The van der Waals surface area contributed by atoms with Crippen molar-refractivity contribution in [2.45, 2.75) is 31.3 Å². The van der Waals surface area contributed by atoms with Crippen molar-refractivity contribution in [1.29, 1.82) is 0 Å². The maximum atomic E-state index is 5.91. The van der Waals surface area contributed by atoms with Crippen LogP contribution in [0, 0.1) is 23.7 Å². The summed E-state index contributed by atoms with van der Waals surface area (Å²) >= 11 is 0. The molecule has 2 saturated carbocycles. The van der Waals surface area contributed by atoms with Crippen molar-refractivity contribution in [2.75, 3.05) is 13.7 Å². The molecule has 2 aliphatic carbocycles. The van der Waals surface area contributed by atoms with E-state index in [0.717, 1.165) is 18.4 Å². The second-order valence-electron chi connectivity index (χ2n) is 5.26. The Balaban J connectivity index is 1.73. The van der Waals surface area contributed by atoms with Crippen molar-refractivity contribution in [3.8, 4) is 0 Å². The molecule has 78 valence electrons. The van der Waals surface area contributed by atoms with Crippen LogP contribution in [0.5, 0.6) is 0 Å². The van der Waals surface area contributed by atoms with Crippen molar-refractivity contribution in [2.24, 2.45) is 23.7 Å². The number of methoxy groups -OCH3 is 1. The first kappa shape index (κ1) is 8.08. The molecule has 0 aromatic heterocycles. The van der Waals surface area contributed by atoms with Crippen molar-refractivity contribution in [3.63, 3.8) is 0 Å². The lowest BCUT2D eigenvalue weighted by molar-refractivity contribution is -0.170. The standard InChI is InChI=1S/C11H16O3/c1-12-10-8-6-2-3-7(4-6)9(8)11(14-10)5-13-11/h6-10H,2-5H2,1H3. The van der Waals surface area contributed by atoms with E-state index in [9.17, 15) is 0 Å². The molecular weight excluding hydrogens is 180 g/mol. The van der Waals surface area contributed by atoms with E-state index in [1.165, 1.54) is 19.3 Å². The van der Waals surface area contributed by atoms with Crippen LogP contribution in [0.15, 0.2) is 0 Å². The van der Waals surface area contributed by atoms with Gasteiger partial charge in [0.25, 0.3) is 0 Å². The number of epoxide rings is 1. The first-order valence-electron chi connectivity index (χ1n) is 5.69. The van der Waals surface area contributed by atoms with Gasteiger partial charge < -0.3 is 14.2 Å². The topological polar surface area (TPSA) is 31.0 Å². The van der Waals surface area contributed by atoms with Crippen LogP contribution in [-0.2, 0) is 14.2 Å². The average Bonchev–Trinajstić information content (AvgIpc) is 2.62. The van der Waals surface area contributed by atoms with E-state index in [2.05, 4.69) is 0 Å². The smallest absolute Gasteiger partial charge is 0.198 e. The highest BCUT2D eigenvalue weighted by Crippen LogP contribution is 2.65. The molecule has 2 aliphatic heterocycles. The van der Waals surface area contributed by atoms with Gasteiger partial charge in [-0.3, -0.25) is 0 Å². The largest absolute Gasteiger partial charge is 0.355 e. The third kappa shape index (κ3) is 0.765. The SMILES string of the molecule is COC1OC2(CO2)C2C3CCC(C3)C12. The van der Waals surface area contributed by atoms with E-state index in [4.69, 9.17) is 14.2 Å². The van der Waals surface area contributed by atoms with E-state index < -0.39 is 0 Å². The van der Waals surface area contributed by atoms with Gasteiger partial charge in [-0.25, -0.2) is 0 Å². The molecule has 6 atom stereocenters. The summed E-state index contributed by atoms with van der Waals surface area (Å²) in [4.78, 5) is 0. The fourth-order valence-corrected chi connectivity index (χ4v) is 4.27. The number of fused-ring (bicyclic) bond motifs is 6. The summed E-state index contributed by atoms with van der Waals surface area (Å²) in [6, 6.07) is 0. The second-order valence-corrected chi connectivity index (χ2v) is 5.26. The molecule has 0 N–H and O–H groups in total. The maximum absolute atomic E-state index is 5.91. The van der Waals surface area contributed by atoms with Crippen molar-refractivity contribution in [1.82, 2.24) is 0 Å². The van der Waals surface area contributed by atoms with Gasteiger partial charge in [-0.1, -0.05) is 0 Å². The van der Waals surface area contributed by atoms with E-state index >= 15 is 0 Å². The van der Waals surface area contributed by atoms with Crippen LogP contribution in [0.1, 0.15) is 19.3 Å². The van der Waals surface area contributed by atoms with Gasteiger partial charge in [0, 0.05) is 18.9 Å². The molecule has 0 aromatic carbocycles. The summed E-state index contributed by atoms with van der Waals surface area (Å²) in [5.41, 5.74) is 0. The molecule has 0 aromatic rings. The molecule has 4 aliphatic rings. The van der Waals surface area contributed by atoms with Crippen molar-refractivity contribution >= 4 is 0 Å². The van der Waals surface area contributed by atoms with Gasteiger partial charge in [0.2, 0.25) is 0 Å². The predicted octanol–water partition coefficient (Wildman–Crippen LogP) is 1.38. The van der Waals surface area contributed by atoms with Crippen LogP contribution in [0.3, 0.4) is 0 Å². The normalized spacial score (nSPS) is 63.6. The summed E-state index contributed by atoms with van der Waals surface area (Å²) in [7, 11) is 1.76. The van der Waals surface area contributed by atoms with Gasteiger partial charge in [0.15, 0.2) is 12.1 Å². The van der Waals surface area contributed by atoms with Gasteiger partial charge in [-0.15, -0.1) is 0 Å². The minimum absolute atomic E-state index is 0.0119. The Labute approximate surface area is 83.7 Å². The Hall–Kier alpha value is -0.120. The molecule has 2 heterocycles. The number of ether oxygens (including phenoxy) is 3. The molecule has 3 heteroatoms. The molecule has 1 spiro atoms. The number of hydrogen-bond acceptors (Lipinski definition) is 3. The lowest BCUT2D eigenvalue weighted by Crippen LogP contribution is -2.30. The zero-order valence-electron chi connectivity index (χ0n) is 8.44. The Morgan fingerprint density at radius 3 is 2.79 bits per heavy atom. The van der Waals surface area contributed by atoms with Crippen LogP contribution in [0.25, 0.3) is 0 Å². The lowest BCUT2D eigenvalue weighted by Gasteiger charge is -2.26. The first-order valence-corrected chi connectivity index (χ1v) is 5.69. The lowest BCUT2D eigenvalue weighted by atomic mass is 9.78. The monoisotopic (exact) mass is 196 g/mol. The van der Waals surface area contributed by atoms with Crippen LogP contribution < -0.4 is 0 Å². The van der Waals surface area contributed by atoms with Gasteiger partial charge in [0.1, 0.15) is 6.61 Å². The van der Waals surface area contributed by atoms with Gasteiger partial charge in [-0.05, 0) is 31.1 Å². The Kier molecular flexibility index (Phi) is 1.35. The summed E-state index contributed by atoms with van der Waals surface area (Å²) < 4.78 is 16.9. The summed E-state index contributed by atoms with van der Waals surface area (Å²) in [6.45, 7) is 0.803. The Morgan fingerprint density at radius 2 is 2.07 bits per heavy atom. The van der Waals surface area contributed by atoms with Crippen molar-refractivity contribution < 1.29 is 14.2 Å². The summed E-state index contributed by atoms with van der Waals surface area (Å²) in [6.07, 6.45) is 4.17. The quantitative estimate of drug-likeness (QED) is 0.594. The third-order valence-corrected chi connectivity index (χ3v) is 4.78. The van der Waals surface area contributed by atoms with Crippen LogP contribution in [0.4, 0.5) is 0 Å². The first-order chi connectivity index (χ1) is 6.84. The summed E-state index contributed by atoms with van der Waals surface area (Å²) in [5.74, 6) is 2.77. The highest BCUT2D eigenvalue weighted by molar-refractivity contribution is 5.11. The fourth-order valence-electron chi connectivity index (χ4n) is 4.27. The van der Waals surface area contributed by atoms with Gasteiger partial charge >= 0.3 is 0 Å². The van der Waals surface area contributed by atoms with E-state index in [0.29, 0.717) is 11.8 Å². The molecule has 4 rings (SSSR count). The number of hydrogen-bond donors (Lipinski definition) is 0. The number of rotatable bonds is 1. The zero-order valence-corrected chi connectivity index (χ0v) is 8.44. The average molecular weight is 196 g/mol. The van der Waals surface area contributed by atoms with E-state index in [1.807, 2.05) is 0 Å². The van der Waals surface area contributed by atoms with Gasteiger partial charge in [0.05, 0.1) is 0 Å². The molecule has 4 fully saturated rings. The predicted molar refractivity (Wildman–Crippen MR) is 48.4 cm³/mol. The molecule has 14 heavy (non-hydrogen) atoms. The highest BCUT2D eigenvalue weighted by Gasteiger charge is 2.71. The maximum Gasteiger partial charge on any atom is 0.198 e. The molecular formula is C11H16O3. The Bertz CT molecular complexity index is 274. The second kappa shape index (κ2) is 2.34. The zero-order chi connectivity index (χ0) is 9.34. The molecule has 3 nitrogen and oxygen atoms in total. The minimum atomic E-state index is -0.203. The molecule has 6 unspecified atom stereocenters. The summed E-state index contributed by atoms with van der Waals surface area (Å²) in [5, 5.41) is 0. The van der Waals surface area contributed by atoms with Crippen molar-refractivity contribution in [3.05, 3.63) is 0 Å². The third-order valence-electron chi connectivity index (χ3n) is 4.78. The minimum Gasteiger partial charge on any atom is -0.355 e. The van der Waals surface area contributed by atoms with Crippen LogP contribution in [-0.4, -0.2) is 25.8 Å². The molecule has 0 amide bonds. The van der Waals surface area contributed by atoms with Crippen LogP contribution in [0.2, 0.25) is 0 Å². The fraction of sp³-hybridized carbons (Fsp3) is 1.00. The molecule has 2 bridgehead atoms.